The molecule has 1 atom stereocenters. The van der Waals surface area contributed by atoms with Gasteiger partial charge >= 0.3 is 0 Å². The Morgan fingerprint density at radius 2 is 1.69 bits per heavy atom. The van der Waals surface area contributed by atoms with Crippen LogP contribution in [0.25, 0.3) is 0 Å². The molecule has 2 aromatic rings. The van der Waals surface area contributed by atoms with Crippen LogP contribution in [0.3, 0.4) is 0 Å². The molecular weight excluding hydrogens is 390 g/mol. The van der Waals surface area contributed by atoms with Crippen LogP contribution in [0.4, 0.5) is 11.4 Å². The third kappa shape index (κ3) is 6.39. The standard InChI is InChI=1S/C21H29N3O4S/c1-5-28-20-13-11-19(12-14-20)24(29(4,26)27)17(2)21(25)22-15-16-23(3)18-9-7-6-8-10-18/h6-14,17H,5,15-16H2,1-4H3,(H,22,25)/t17-/m0/s1. The molecule has 0 saturated carbocycles. The molecule has 0 saturated heterocycles. The number of carbonyl (C=O) groups is 1. The van der Waals surface area contributed by atoms with Crippen molar-refractivity contribution in [1.29, 1.82) is 0 Å². The SMILES string of the molecule is CCOc1ccc(N([C@@H](C)C(=O)NCCN(C)c2ccccc2)S(C)(=O)=O)cc1. The van der Waals surface area contributed by atoms with Crippen molar-refractivity contribution in [3.05, 3.63) is 54.6 Å². The van der Waals surface area contributed by atoms with Gasteiger partial charge in [0, 0.05) is 25.8 Å². The summed E-state index contributed by atoms with van der Waals surface area (Å²) in [4.78, 5) is 14.7. The van der Waals surface area contributed by atoms with Gasteiger partial charge in [-0.15, -0.1) is 0 Å². The van der Waals surface area contributed by atoms with Gasteiger partial charge in [0.25, 0.3) is 0 Å². The molecule has 2 aromatic carbocycles. The Balaban J connectivity index is 2.03. The van der Waals surface area contributed by atoms with Crippen LogP contribution in [0.1, 0.15) is 13.8 Å². The van der Waals surface area contributed by atoms with Gasteiger partial charge < -0.3 is 15.0 Å². The Morgan fingerprint density at radius 3 is 2.24 bits per heavy atom. The van der Waals surface area contributed by atoms with Crippen molar-refractivity contribution in [1.82, 2.24) is 5.32 Å². The predicted molar refractivity (Wildman–Crippen MR) is 117 cm³/mol. The van der Waals surface area contributed by atoms with Crippen LogP contribution in [0.2, 0.25) is 0 Å². The van der Waals surface area contributed by atoms with Gasteiger partial charge in [-0.1, -0.05) is 18.2 Å². The number of para-hydroxylation sites is 1. The molecule has 2 rings (SSSR count). The van der Waals surface area contributed by atoms with E-state index in [1.54, 1.807) is 31.2 Å². The first kappa shape index (κ1) is 22.5. The number of carbonyl (C=O) groups excluding carboxylic acids is 1. The topological polar surface area (TPSA) is 79.0 Å². The number of nitrogens with one attached hydrogen (secondary N) is 1. The number of amides is 1. The van der Waals surface area contributed by atoms with Crippen LogP contribution >= 0.6 is 0 Å². The highest BCUT2D eigenvalue weighted by Crippen LogP contribution is 2.24. The monoisotopic (exact) mass is 419 g/mol. The second-order valence-corrected chi connectivity index (χ2v) is 8.57. The molecule has 8 heteroatoms. The van der Waals surface area contributed by atoms with Crippen LogP contribution in [0, 0.1) is 0 Å². The summed E-state index contributed by atoms with van der Waals surface area (Å²) in [5, 5.41) is 2.83. The number of nitrogens with zero attached hydrogens (tertiary/aromatic N) is 2. The smallest absolute Gasteiger partial charge is 0.243 e. The summed E-state index contributed by atoms with van der Waals surface area (Å²) in [7, 11) is -1.71. The number of sulfonamides is 1. The average molecular weight is 420 g/mol. The molecule has 158 valence electrons. The highest BCUT2D eigenvalue weighted by atomic mass is 32.2. The van der Waals surface area contributed by atoms with Gasteiger partial charge in [-0.05, 0) is 50.2 Å². The lowest BCUT2D eigenvalue weighted by atomic mass is 10.2. The van der Waals surface area contributed by atoms with Crippen LogP contribution < -0.4 is 19.3 Å². The lowest BCUT2D eigenvalue weighted by Gasteiger charge is -2.28. The van der Waals surface area contributed by atoms with Crippen LogP contribution in [0.5, 0.6) is 5.75 Å². The van der Waals surface area contributed by atoms with Gasteiger partial charge in [0.2, 0.25) is 15.9 Å². The van der Waals surface area contributed by atoms with E-state index in [0.717, 1.165) is 16.2 Å². The van der Waals surface area contributed by atoms with Gasteiger partial charge in [-0.3, -0.25) is 9.10 Å². The molecule has 0 unspecified atom stereocenters. The summed E-state index contributed by atoms with van der Waals surface area (Å²) >= 11 is 0. The number of anilines is 2. The van der Waals surface area contributed by atoms with Gasteiger partial charge in [-0.2, -0.15) is 0 Å². The summed E-state index contributed by atoms with van der Waals surface area (Å²) < 4.78 is 31.2. The largest absolute Gasteiger partial charge is 0.494 e. The van der Waals surface area contributed by atoms with E-state index in [4.69, 9.17) is 4.74 Å². The van der Waals surface area contributed by atoms with Crippen molar-refractivity contribution in [2.24, 2.45) is 0 Å². The van der Waals surface area contributed by atoms with E-state index in [9.17, 15) is 13.2 Å². The molecule has 0 bridgehead atoms. The Labute approximate surface area is 173 Å². The predicted octanol–water partition coefficient (Wildman–Crippen LogP) is 2.49. The Morgan fingerprint density at radius 1 is 1.07 bits per heavy atom. The molecule has 1 N–H and O–H groups in total. The molecule has 7 nitrogen and oxygen atoms in total. The lowest BCUT2D eigenvalue weighted by molar-refractivity contribution is -0.121. The van der Waals surface area contributed by atoms with Crippen molar-refractivity contribution in [3.8, 4) is 5.75 Å². The normalized spacial score (nSPS) is 12.1. The Hall–Kier alpha value is -2.74. The minimum absolute atomic E-state index is 0.356. The van der Waals surface area contributed by atoms with Gasteiger partial charge in [0.05, 0.1) is 18.6 Å². The molecule has 0 spiro atoms. The maximum atomic E-state index is 12.6. The van der Waals surface area contributed by atoms with Crippen molar-refractivity contribution in [2.75, 3.05) is 42.2 Å². The fourth-order valence-electron chi connectivity index (χ4n) is 2.97. The first-order valence-corrected chi connectivity index (χ1v) is 11.3. The molecule has 0 fully saturated rings. The van der Waals surface area contributed by atoms with E-state index in [1.807, 2.05) is 49.2 Å². The van der Waals surface area contributed by atoms with Crippen molar-refractivity contribution < 1.29 is 17.9 Å². The molecule has 0 radical (unpaired) electrons. The molecule has 0 aliphatic carbocycles. The van der Waals surface area contributed by atoms with Crippen molar-refractivity contribution in [3.63, 3.8) is 0 Å². The summed E-state index contributed by atoms with van der Waals surface area (Å²) in [6.07, 6.45) is 1.09. The number of hydrogen-bond donors (Lipinski definition) is 1. The van der Waals surface area contributed by atoms with E-state index in [2.05, 4.69) is 5.32 Å². The molecule has 0 heterocycles. The minimum Gasteiger partial charge on any atom is -0.494 e. The van der Waals surface area contributed by atoms with Gasteiger partial charge in [0.1, 0.15) is 11.8 Å². The molecule has 29 heavy (non-hydrogen) atoms. The zero-order valence-corrected chi connectivity index (χ0v) is 18.1. The Bertz CT molecular complexity index is 886. The van der Waals surface area contributed by atoms with E-state index in [-0.39, 0.29) is 5.91 Å². The number of benzene rings is 2. The van der Waals surface area contributed by atoms with Crippen LogP contribution in [0.15, 0.2) is 54.6 Å². The molecule has 0 aromatic heterocycles. The maximum Gasteiger partial charge on any atom is 0.243 e. The first-order chi connectivity index (χ1) is 13.7. The number of rotatable bonds is 10. The van der Waals surface area contributed by atoms with E-state index >= 15 is 0 Å². The maximum absolute atomic E-state index is 12.6. The average Bonchev–Trinajstić information content (AvgIpc) is 2.69. The van der Waals surface area contributed by atoms with Crippen molar-refractivity contribution >= 4 is 27.3 Å². The Kier molecular flexibility index (Phi) is 7.90. The number of likely N-dealkylation sites (N-methyl/N-ethyl adjacent to an activating group) is 1. The highest BCUT2D eigenvalue weighted by Gasteiger charge is 2.29. The summed E-state index contributed by atoms with van der Waals surface area (Å²) in [6.45, 7) is 4.97. The molecular formula is C21H29N3O4S. The summed E-state index contributed by atoms with van der Waals surface area (Å²) in [5.41, 5.74) is 1.46. The second kappa shape index (κ2) is 10.2. The second-order valence-electron chi connectivity index (χ2n) is 6.71. The summed E-state index contributed by atoms with van der Waals surface area (Å²) in [5.74, 6) is 0.288. The quantitative estimate of drug-likeness (QED) is 0.640. The lowest BCUT2D eigenvalue weighted by Crippen LogP contribution is -2.49. The van der Waals surface area contributed by atoms with E-state index < -0.39 is 16.1 Å². The first-order valence-electron chi connectivity index (χ1n) is 9.50. The molecule has 0 aliphatic heterocycles. The third-order valence-electron chi connectivity index (χ3n) is 4.43. The fraction of sp³-hybridized carbons (Fsp3) is 0.381. The van der Waals surface area contributed by atoms with Crippen LogP contribution in [-0.4, -0.2) is 53.4 Å². The van der Waals surface area contributed by atoms with Gasteiger partial charge in [0.15, 0.2) is 0 Å². The minimum atomic E-state index is -3.65. The van der Waals surface area contributed by atoms with Crippen LogP contribution in [-0.2, 0) is 14.8 Å². The highest BCUT2D eigenvalue weighted by molar-refractivity contribution is 7.92. The fourth-order valence-corrected chi connectivity index (χ4v) is 4.15. The van der Waals surface area contributed by atoms with E-state index in [0.29, 0.717) is 31.1 Å². The van der Waals surface area contributed by atoms with Crippen molar-refractivity contribution in [2.45, 2.75) is 19.9 Å². The zero-order chi connectivity index (χ0) is 21.4. The van der Waals surface area contributed by atoms with E-state index in [1.165, 1.54) is 0 Å². The molecule has 1 amide bonds. The number of ether oxygens (including phenoxy) is 1. The molecule has 0 aliphatic rings. The van der Waals surface area contributed by atoms with Gasteiger partial charge in [-0.25, -0.2) is 8.42 Å². The third-order valence-corrected chi connectivity index (χ3v) is 5.68. The summed E-state index contributed by atoms with van der Waals surface area (Å²) in [6, 6.07) is 15.6. The zero-order valence-electron chi connectivity index (χ0n) is 17.3. The number of hydrogen-bond acceptors (Lipinski definition) is 5.